The highest BCUT2D eigenvalue weighted by Gasteiger charge is 2.15. The molecule has 0 aliphatic carbocycles. The zero-order chi connectivity index (χ0) is 12.8. The van der Waals surface area contributed by atoms with Crippen LogP contribution in [-0.2, 0) is 6.54 Å². The topological polar surface area (TPSA) is 66.3 Å². The van der Waals surface area contributed by atoms with Gasteiger partial charge in [-0.1, -0.05) is 19.3 Å². The summed E-state index contributed by atoms with van der Waals surface area (Å²) in [6.07, 6.45) is 9.04. The molecule has 0 aromatic carbocycles. The van der Waals surface area contributed by atoms with Gasteiger partial charge in [-0.3, -0.25) is 4.90 Å². The van der Waals surface area contributed by atoms with E-state index in [4.69, 9.17) is 5.11 Å². The molecule has 1 aromatic rings. The van der Waals surface area contributed by atoms with E-state index in [9.17, 15) is 4.79 Å². The lowest BCUT2D eigenvalue weighted by Gasteiger charge is -2.24. The summed E-state index contributed by atoms with van der Waals surface area (Å²) in [5.41, 5.74) is 0.845. The SMILES string of the molecule is O=C(O)c1cncnc1CN1CCCCCCC1. The van der Waals surface area contributed by atoms with Crippen molar-refractivity contribution in [2.45, 2.75) is 38.6 Å². The molecule has 0 radical (unpaired) electrons. The lowest BCUT2D eigenvalue weighted by atomic mass is 10.1. The van der Waals surface area contributed by atoms with Gasteiger partial charge in [0.1, 0.15) is 11.9 Å². The first-order valence-corrected chi connectivity index (χ1v) is 6.52. The molecule has 5 heteroatoms. The Balaban J connectivity index is 2.05. The van der Waals surface area contributed by atoms with E-state index < -0.39 is 5.97 Å². The first-order chi connectivity index (χ1) is 8.77. The molecule has 2 heterocycles. The van der Waals surface area contributed by atoms with Crippen molar-refractivity contribution in [1.29, 1.82) is 0 Å². The van der Waals surface area contributed by atoms with E-state index in [-0.39, 0.29) is 5.56 Å². The van der Waals surface area contributed by atoms with E-state index in [1.165, 1.54) is 44.6 Å². The predicted octanol–water partition coefficient (Wildman–Crippen LogP) is 1.94. The van der Waals surface area contributed by atoms with Crippen LogP contribution in [0.5, 0.6) is 0 Å². The summed E-state index contributed by atoms with van der Waals surface area (Å²) < 4.78 is 0. The number of aromatic carboxylic acids is 1. The van der Waals surface area contributed by atoms with Crippen LogP contribution in [0.4, 0.5) is 0 Å². The van der Waals surface area contributed by atoms with Gasteiger partial charge in [0.05, 0.1) is 5.69 Å². The van der Waals surface area contributed by atoms with Crippen LogP contribution in [-0.4, -0.2) is 39.0 Å². The number of hydrogen-bond acceptors (Lipinski definition) is 4. The lowest BCUT2D eigenvalue weighted by molar-refractivity contribution is 0.0693. The van der Waals surface area contributed by atoms with E-state index >= 15 is 0 Å². The molecule has 18 heavy (non-hydrogen) atoms. The molecule has 1 N–H and O–H groups in total. The molecular weight excluding hydrogens is 230 g/mol. The van der Waals surface area contributed by atoms with Crippen LogP contribution >= 0.6 is 0 Å². The van der Waals surface area contributed by atoms with Gasteiger partial charge in [-0.2, -0.15) is 0 Å². The molecule has 1 aromatic heterocycles. The van der Waals surface area contributed by atoms with Crippen LogP contribution in [0.15, 0.2) is 12.5 Å². The average molecular weight is 249 g/mol. The minimum Gasteiger partial charge on any atom is -0.478 e. The van der Waals surface area contributed by atoms with Crippen LogP contribution in [0.3, 0.4) is 0 Å². The normalized spacial score (nSPS) is 18.0. The molecule has 0 saturated carbocycles. The van der Waals surface area contributed by atoms with Crippen molar-refractivity contribution in [3.63, 3.8) is 0 Å². The van der Waals surface area contributed by atoms with Gasteiger partial charge in [0, 0.05) is 12.7 Å². The molecule has 1 saturated heterocycles. The molecule has 1 aliphatic rings. The van der Waals surface area contributed by atoms with Crippen molar-refractivity contribution < 1.29 is 9.90 Å². The number of hydrogen-bond donors (Lipinski definition) is 1. The molecule has 0 unspecified atom stereocenters. The third kappa shape index (κ3) is 3.50. The average Bonchev–Trinajstić information content (AvgIpc) is 2.33. The standard InChI is InChI=1S/C13H19N3O2/c17-13(18)11-8-14-10-15-12(11)9-16-6-4-2-1-3-5-7-16/h8,10H,1-7,9H2,(H,17,18). The molecule has 2 rings (SSSR count). The van der Waals surface area contributed by atoms with Gasteiger partial charge in [-0.15, -0.1) is 0 Å². The fraction of sp³-hybridized carbons (Fsp3) is 0.615. The maximum atomic E-state index is 11.1. The number of carboxylic acid groups (broad SMARTS) is 1. The molecular formula is C13H19N3O2. The van der Waals surface area contributed by atoms with Gasteiger partial charge in [0.25, 0.3) is 0 Å². The van der Waals surface area contributed by atoms with Crippen LogP contribution in [0.2, 0.25) is 0 Å². The summed E-state index contributed by atoms with van der Waals surface area (Å²) in [6.45, 7) is 2.68. The molecule has 0 spiro atoms. The maximum Gasteiger partial charge on any atom is 0.339 e. The zero-order valence-corrected chi connectivity index (χ0v) is 10.5. The second-order valence-electron chi connectivity index (χ2n) is 4.73. The Bertz CT molecular complexity index is 401. The van der Waals surface area contributed by atoms with Crippen LogP contribution < -0.4 is 0 Å². The Hall–Kier alpha value is -1.49. The van der Waals surface area contributed by atoms with Gasteiger partial charge in [0.2, 0.25) is 0 Å². The summed E-state index contributed by atoms with van der Waals surface area (Å²) in [6, 6.07) is 0. The molecule has 1 aliphatic heterocycles. The third-order valence-electron chi connectivity index (χ3n) is 3.35. The molecule has 0 amide bonds. The molecule has 98 valence electrons. The van der Waals surface area contributed by atoms with Crippen LogP contribution in [0, 0.1) is 0 Å². The van der Waals surface area contributed by atoms with Gasteiger partial charge < -0.3 is 5.11 Å². The van der Waals surface area contributed by atoms with Crippen molar-refractivity contribution >= 4 is 5.97 Å². The fourth-order valence-corrected chi connectivity index (χ4v) is 2.34. The minimum absolute atomic E-state index is 0.222. The van der Waals surface area contributed by atoms with Crippen LogP contribution in [0.1, 0.15) is 48.2 Å². The number of likely N-dealkylation sites (tertiary alicyclic amines) is 1. The van der Waals surface area contributed by atoms with Crippen molar-refractivity contribution in [3.05, 3.63) is 23.8 Å². The number of carboxylic acids is 1. The van der Waals surface area contributed by atoms with E-state index in [2.05, 4.69) is 14.9 Å². The highest BCUT2D eigenvalue weighted by Crippen LogP contribution is 2.14. The number of rotatable bonds is 3. The molecule has 1 fully saturated rings. The summed E-state index contributed by atoms with van der Waals surface area (Å²) in [4.78, 5) is 21.3. The van der Waals surface area contributed by atoms with Crippen molar-refractivity contribution in [1.82, 2.24) is 14.9 Å². The summed E-state index contributed by atoms with van der Waals surface area (Å²) in [5.74, 6) is -0.947. The number of nitrogens with zero attached hydrogens (tertiary/aromatic N) is 3. The highest BCUT2D eigenvalue weighted by atomic mass is 16.4. The highest BCUT2D eigenvalue weighted by molar-refractivity contribution is 5.88. The largest absolute Gasteiger partial charge is 0.478 e. The first-order valence-electron chi connectivity index (χ1n) is 6.52. The van der Waals surface area contributed by atoms with E-state index in [0.717, 1.165) is 13.1 Å². The Morgan fingerprint density at radius 3 is 2.56 bits per heavy atom. The Morgan fingerprint density at radius 2 is 1.89 bits per heavy atom. The quantitative estimate of drug-likeness (QED) is 0.886. The Morgan fingerprint density at radius 1 is 1.22 bits per heavy atom. The summed E-state index contributed by atoms with van der Waals surface area (Å²) >= 11 is 0. The first kappa shape index (κ1) is 13.0. The smallest absolute Gasteiger partial charge is 0.339 e. The maximum absolute atomic E-state index is 11.1. The van der Waals surface area contributed by atoms with Gasteiger partial charge in [-0.25, -0.2) is 14.8 Å². The molecule has 0 bridgehead atoms. The minimum atomic E-state index is -0.947. The number of aromatic nitrogens is 2. The van der Waals surface area contributed by atoms with Crippen molar-refractivity contribution in [3.8, 4) is 0 Å². The molecule has 5 nitrogen and oxygen atoms in total. The second kappa shape index (κ2) is 6.44. The van der Waals surface area contributed by atoms with Gasteiger partial charge >= 0.3 is 5.97 Å². The van der Waals surface area contributed by atoms with E-state index in [1.54, 1.807) is 0 Å². The monoisotopic (exact) mass is 249 g/mol. The second-order valence-corrected chi connectivity index (χ2v) is 4.73. The lowest BCUT2D eigenvalue weighted by Crippen LogP contribution is -2.28. The number of carbonyl (C=O) groups is 1. The predicted molar refractivity (Wildman–Crippen MR) is 67.4 cm³/mol. The summed E-state index contributed by atoms with van der Waals surface area (Å²) in [7, 11) is 0. The zero-order valence-electron chi connectivity index (χ0n) is 10.5. The van der Waals surface area contributed by atoms with Crippen molar-refractivity contribution in [2.75, 3.05) is 13.1 Å². The van der Waals surface area contributed by atoms with Gasteiger partial charge in [-0.05, 0) is 25.9 Å². The summed E-state index contributed by atoms with van der Waals surface area (Å²) in [5, 5.41) is 9.10. The van der Waals surface area contributed by atoms with Crippen molar-refractivity contribution in [2.24, 2.45) is 0 Å². The Kier molecular flexibility index (Phi) is 4.64. The fourth-order valence-electron chi connectivity index (χ4n) is 2.34. The van der Waals surface area contributed by atoms with Crippen LogP contribution in [0.25, 0.3) is 0 Å². The van der Waals surface area contributed by atoms with E-state index in [1.807, 2.05) is 0 Å². The Labute approximate surface area is 107 Å². The molecule has 0 atom stereocenters. The van der Waals surface area contributed by atoms with Gasteiger partial charge in [0.15, 0.2) is 0 Å². The third-order valence-corrected chi connectivity index (χ3v) is 3.35. The van der Waals surface area contributed by atoms with E-state index in [0.29, 0.717) is 12.2 Å².